The molecule has 0 aliphatic carbocycles. The highest BCUT2D eigenvalue weighted by Gasteiger charge is 2.15. The number of rotatable bonds is 2. The standard InChI is InChI=1S/C15H12BrN3OS/c1-8-14(21-9(2)18-8)15(20)19-12-5-3-4-10-6-11(16)7-17-13(10)12/h3-7H,1-2H3,(H,19,20). The number of nitrogens with zero attached hydrogens (tertiary/aromatic N) is 2. The van der Waals surface area contributed by atoms with Crippen LogP contribution in [0.1, 0.15) is 20.4 Å². The summed E-state index contributed by atoms with van der Waals surface area (Å²) in [7, 11) is 0. The van der Waals surface area contributed by atoms with Crippen molar-refractivity contribution >= 4 is 49.8 Å². The summed E-state index contributed by atoms with van der Waals surface area (Å²) in [5, 5.41) is 4.79. The molecule has 3 aromatic rings. The largest absolute Gasteiger partial charge is 0.319 e. The first-order valence-electron chi connectivity index (χ1n) is 6.34. The van der Waals surface area contributed by atoms with Crippen molar-refractivity contribution < 1.29 is 4.79 Å². The molecule has 0 fully saturated rings. The highest BCUT2D eigenvalue weighted by molar-refractivity contribution is 9.10. The molecule has 0 atom stereocenters. The van der Waals surface area contributed by atoms with E-state index in [1.165, 1.54) is 11.3 Å². The molecular weight excluding hydrogens is 350 g/mol. The number of carbonyl (C=O) groups excluding carboxylic acids is 1. The van der Waals surface area contributed by atoms with Gasteiger partial charge < -0.3 is 5.32 Å². The molecule has 21 heavy (non-hydrogen) atoms. The number of benzene rings is 1. The van der Waals surface area contributed by atoms with Crippen molar-refractivity contribution in [2.24, 2.45) is 0 Å². The van der Waals surface area contributed by atoms with Crippen LogP contribution in [0.5, 0.6) is 0 Å². The van der Waals surface area contributed by atoms with Crippen LogP contribution in [-0.2, 0) is 0 Å². The predicted molar refractivity (Wildman–Crippen MR) is 89.0 cm³/mol. The van der Waals surface area contributed by atoms with Gasteiger partial charge in [-0.15, -0.1) is 11.3 Å². The molecule has 1 aromatic carbocycles. The number of pyridine rings is 1. The quantitative estimate of drug-likeness (QED) is 0.739. The van der Waals surface area contributed by atoms with E-state index < -0.39 is 0 Å². The Morgan fingerprint density at radius 3 is 2.86 bits per heavy atom. The molecule has 0 aliphatic rings. The van der Waals surface area contributed by atoms with Gasteiger partial charge in [0.2, 0.25) is 0 Å². The number of carbonyl (C=O) groups is 1. The molecule has 1 N–H and O–H groups in total. The van der Waals surface area contributed by atoms with Crippen LogP contribution >= 0.6 is 27.3 Å². The van der Waals surface area contributed by atoms with E-state index in [4.69, 9.17) is 0 Å². The number of hydrogen-bond donors (Lipinski definition) is 1. The van der Waals surface area contributed by atoms with E-state index >= 15 is 0 Å². The van der Waals surface area contributed by atoms with Crippen LogP contribution in [0, 0.1) is 13.8 Å². The van der Waals surface area contributed by atoms with Crippen LogP contribution in [0.3, 0.4) is 0 Å². The molecule has 0 unspecified atom stereocenters. The molecule has 4 nitrogen and oxygen atoms in total. The molecule has 0 saturated heterocycles. The first-order chi connectivity index (χ1) is 10.0. The fourth-order valence-electron chi connectivity index (χ4n) is 2.16. The van der Waals surface area contributed by atoms with Crippen LogP contribution in [0.15, 0.2) is 34.9 Å². The summed E-state index contributed by atoms with van der Waals surface area (Å²) in [5.41, 5.74) is 2.23. The number of hydrogen-bond acceptors (Lipinski definition) is 4. The van der Waals surface area contributed by atoms with Crippen molar-refractivity contribution in [3.05, 3.63) is 50.5 Å². The van der Waals surface area contributed by atoms with Crippen molar-refractivity contribution in [2.75, 3.05) is 5.32 Å². The summed E-state index contributed by atoms with van der Waals surface area (Å²) in [6.07, 6.45) is 1.72. The van der Waals surface area contributed by atoms with Gasteiger partial charge in [-0.3, -0.25) is 9.78 Å². The molecule has 3 rings (SSSR count). The first-order valence-corrected chi connectivity index (χ1v) is 7.95. The molecule has 0 spiro atoms. The molecule has 2 aromatic heterocycles. The van der Waals surface area contributed by atoms with Crippen LogP contribution < -0.4 is 5.32 Å². The van der Waals surface area contributed by atoms with E-state index in [1.54, 1.807) is 6.20 Å². The van der Waals surface area contributed by atoms with Crippen molar-refractivity contribution in [1.29, 1.82) is 0 Å². The maximum Gasteiger partial charge on any atom is 0.267 e. The third-order valence-corrected chi connectivity index (χ3v) is 4.54. The van der Waals surface area contributed by atoms with E-state index in [1.807, 2.05) is 38.1 Å². The fourth-order valence-corrected chi connectivity index (χ4v) is 3.32. The molecule has 0 bridgehead atoms. The highest BCUT2D eigenvalue weighted by Crippen LogP contribution is 2.25. The van der Waals surface area contributed by atoms with Gasteiger partial charge in [0, 0.05) is 16.1 Å². The van der Waals surface area contributed by atoms with Gasteiger partial charge in [0.05, 0.1) is 21.9 Å². The second-order valence-electron chi connectivity index (χ2n) is 4.63. The smallest absolute Gasteiger partial charge is 0.267 e. The SMILES string of the molecule is Cc1nc(C)c(C(=O)Nc2cccc3cc(Br)cnc23)s1. The number of nitrogens with one attached hydrogen (secondary N) is 1. The lowest BCUT2D eigenvalue weighted by atomic mass is 10.2. The molecule has 0 saturated carbocycles. The Balaban J connectivity index is 1.98. The minimum atomic E-state index is -0.143. The Hall–Kier alpha value is -1.79. The van der Waals surface area contributed by atoms with E-state index in [-0.39, 0.29) is 5.91 Å². The lowest BCUT2D eigenvalue weighted by molar-refractivity contribution is 0.103. The third-order valence-electron chi connectivity index (χ3n) is 3.04. The van der Waals surface area contributed by atoms with Gasteiger partial charge >= 0.3 is 0 Å². The van der Waals surface area contributed by atoms with E-state index in [9.17, 15) is 4.79 Å². The predicted octanol–water partition coefficient (Wildman–Crippen LogP) is 4.32. The number of halogens is 1. The van der Waals surface area contributed by atoms with Crippen LogP contribution in [-0.4, -0.2) is 15.9 Å². The summed E-state index contributed by atoms with van der Waals surface area (Å²) >= 11 is 4.80. The third kappa shape index (κ3) is 2.82. The van der Waals surface area contributed by atoms with Gasteiger partial charge in [-0.1, -0.05) is 12.1 Å². The Kier molecular flexibility index (Phi) is 3.73. The van der Waals surface area contributed by atoms with Crippen LogP contribution in [0.4, 0.5) is 5.69 Å². The molecule has 106 valence electrons. The van der Waals surface area contributed by atoms with E-state index in [0.29, 0.717) is 10.6 Å². The molecule has 0 aliphatic heterocycles. The number of fused-ring (bicyclic) bond motifs is 1. The van der Waals surface area contributed by atoms with Gasteiger partial charge in [0.1, 0.15) is 4.88 Å². The average Bonchev–Trinajstić information content (AvgIpc) is 2.77. The lowest BCUT2D eigenvalue weighted by Crippen LogP contribution is -2.12. The highest BCUT2D eigenvalue weighted by atomic mass is 79.9. The topological polar surface area (TPSA) is 54.9 Å². The Morgan fingerprint density at radius 1 is 1.33 bits per heavy atom. The van der Waals surface area contributed by atoms with Gasteiger partial charge in [0.25, 0.3) is 5.91 Å². The zero-order valence-corrected chi connectivity index (χ0v) is 13.9. The van der Waals surface area contributed by atoms with Gasteiger partial charge in [-0.2, -0.15) is 0 Å². The number of anilines is 1. The number of para-hydroxylation sites is 1. The van der Waals surface area contributed by atoms with Crippen LogP contribution in [0.2, 0.25) is 0 Å². The van der Waals surface area contributed by atoms with Gasteiger partial charge in [0.15, 0.2) is 0 Å². The zero-order valence-electron chi connectivity index (χ0n) is 11.5. The number of amides is 1. The molecule has 1 amide bonds. The Morgan fingerprint density at radius 2 is 2.14 bits per heavy atom. The van der Waals surface area contributed by atoms with Crippen LogP contribution in [0.25, 0.3) is 10.9 Å². The van der Waals surface area contributed by atoms with E-state index in [0.717, 1.165) is 26.1 Å². The minimum absolute atomic E-state index is 0.143. The van der Waals surface area contributed by atoms with Crippen molar-refractivity contribution in [3.63, 3.8) is 0 Å². The summed E-state index contributed by atoms with van der Waals surface area (Å²) in [5.74, 6) is -0.143. The summed E-state index contributed by atoms with van der Waals surface area (Å²) in [6.45, 7) is 3.74. The number of aromatic nitrogens is 2. The van der Waals surface area contributed by atoms with Gasteiger partial charge in [-0.05, 0) is 41.9 Å². The maximum absolute atomic E-state index is 12.4. The molecule has 0 radical (unpaired) electrons. The monoisotopic (exact) mass is 361 g/mol. The molecule has 6 heteroatoms. The first kappa shape index (κ1) is 14.2. The Bertz CT molecular complexity index is 844. The second kappa shape index (κ2) is 5.54. The number of thiazole rings is 1. The van der Waals surface area contributed by atoms with Gasteiger partial charge in [-0.25, -0.2) is 4.98 Å². The normalized spacial score (nSPS) is 10.8. The lowest BCUT2D eigenvalue weighted by Gasteiger charge is -2.07. The summed E-state index contributed by atoms with van der Waals surface area (Å²) in [4.78, 5) is 21.7. The maximum atomic E-state index is 12.4. The summed E-state index contributed by atoms with van der Waals surface area (Å²) in [6, 6.07) is 7.69. The molecule has 2 heterocycles. The average molecular weight is 362 g/mol. The van der Waals surface area contributed by atoms with Crippen molar-refractivity contribution in [1.82, 2.24) is 9.97 Å². The second-order valence-corrected chi connectivity index (χ2v) is 6.75. The number of aryl methyl sites for hydroxylation is 2. The van der Waals surface area contributed by atoms with Crippen molar-refractivity contribution in [2.45, 2.75) is 13.8 Å². The molecular formula is C15H12BrN3OS. The zero-order chi connectivity index (χ0) is 15.0. The minimum Gasteiger partial charge on any atom is -0.319 e. The van der Waals surface area contributed by atoms with Crippen molar-refractivity contribution in [3.8, 4) is 0 Å². The summed E-state index contributed by atoms with van der Waals surface area (Å²) < 4.78 is 0.910. The Labute approximate surface area is 134 Å². The fraction of sp³-hybridized carbons (Fsp3) is 0.133. The van der Waals surface area contributed by atoms with E-state index in [2.05, 4.69) is 31.2 Å².